The average Bonchev–Trinajstić information content (AvgIpc) is 3.02. The second-order valence-corrected chi connectivity index (χ2v) is 10.7. The number of aliphatic hydroxyl groups is 1. The highest BCUT2D eigenvalue weighted by Gasteiger charge is 2.63. The van der Waals surface area contributed by atoms with Crippen LogP contribution in [-0.4, -0.2) is 24.4 Å². The van der Waals surface area contributed by atoms with Crippen LogP contribution in [0.4, 0.5) is 0 Å². The predicted octanol–water partition coefficient (Wildman–Crippen LogP) is 5.19. The lowest BCUT2D eigenvalue weighted by molar-refractivity contribution is -0.150. The second kappa shape index (κ2) is 5.96. The Kier molecular flexibility index (Phi) is 4.06. The Balaban J connectivity index is 1.44. The molecule has 0 radical (unpaired) electrons. The summed E-state index contributed by atoms with van der Waals surface area (Å²) in [5.41, 5.74) is 1.16. The van der Waals surface area contributed by atoms with Crippen LogP contribution in [-0.2, 0) is 4.74 Å². The molecule has 1 spiro atoms. The highest BCUT2D eigenvalue weighted by molar-refractivity contribution is 5.12. The molecule has 3 unspecified atom stereocenters. The third kappa shape index (κ3) is 2.29. The van der Waals surface area contributed by atoms with Gasteiger partial charge in [-0.25, -0.2) is 0 Å². The fraction of sp³-hybridized carbons (Fsp3) is 1.00. The Hall–Kier alpha value is -0.0800. The zero-order valence-corrected chi connectivity index (χ0v) is 16.4. The lowest BCUT2D eigenvalue weighted by atomic mass is 9.43. The van der Waals surface area contributed by atoms with E-state index in [0.717, 1.165) is 42.4 Å². The first-order valence-electron chi connectivity index (χ1n) is 11.3. The average molecular weight is 347 g/mol. The van der Waals surface area contributed by atoms with Gasteiger partial charge in [0.1, 0.15) is 0 Å². The third-order valence-corrected chi connectivity index (χ3v) is 10.3. The van der Waals surface area contributed by atoms with Gasteiger partial charge in [0, 0.05) is 7.11 Å². The predicted molar refractivity (Wildman–Crippen MR) is 100 cm³/mol. The monoisotopic (exact) mass is 346 g/mol. The van der Waals surface area contributed by atoms with Gasteiger partial charge < -0.3 is 9.84 Å². The molecule has 142 valence electrons. The van der Waals surface area contributed by atoms with Crippen molar-refractivity contribution >= 4 is 0 Å². The van der Waals surface area contributed by atoms with Crippen LogP contribution in [0.2, 0.25) is 0 Å². The van der Waals surface area contributed by atoms with E-state index < -0.39 is 0 Å². The summed E-state index contributed by atoms with van der Waals surface area (Å²) in [6.07, 6.45) is 16.9. The van der Waals surface area contributed by atoms with Gasteiger partial charge in [0.25, 0.3) is 0 Å². The van der Waals surface area contributed by atoms with Crippen LogP contribution >= 0.6 is 0 Å². The molecule has 2 nitrogen and oxygen atoms in total. The van der Waals surface area contributed by atoms with E-state index in [0.29, 0.717) is 16.9 Å². The number of ether oxygens (including phenoxy) is 1. The van der Waals surface area contributed by atoms with Crippen LogP contribution in [0.3, 0.4) is 0 Å². The van der Waals surface area contributed by atoms with Crippen LogP contribution in [0.15, 0.2) is 0 Å². The molecule has 2 heteroatoms. The van der Waals surface area contributed by atoms with Crippen molar-refractivity contribution in [2.75, 3.05) is 7.11 Å². The van der Waals surface area contributed by atoms with Gasteiger partial charge in [-0.15, -0.1) is 0 Å². The van der Waals surface area contributed by atoms with Crippen molar-refractivity contribution in [3.8, 4) is 0 Å². The Morgan fingerprint density at radius 2 is 1.68 bits per heavy atom. The molecule has 5 aliphatic carbocycles. The van der Waals surface area contributed by atoms with Crippen molar-refractivity contribution < 1.29 is 9.84 Å². The van der Waals surface area contributed by atoms with Crippen molar-refractivity contribution in [3.63, 3.8) is 0 Å². The molecule has 1 N–H and O–H groups in total. The van der Waals surface area contributed by atoms with Gasteiger partial charge in [-0.1, -0.05) is 13.3 Å². The molecule has 0 aliphatic heterocycles. The number of rotatable bonds is 1. The van der Waals surface area contributed by atoms with Crippen LogP contribution < -0.4 is 0 Å². The number of hydrogen-bond acceptors (Lipinski definition) is 2. The molecule has 0 aromatic rings. The highest BCUT2D eigenvalue weighted by Crippen LogP contribution is 2.70. The summed E-state index contributed by atoms with van der Waals surface area (Å²) in [5.74, 6) is 4.55. The molecule has 0 saturated heterocycles. The molecular weight excluding hydrogens is 308 g/mol. The molecule has 0 amide bonds. The zero-order chi connectivity index (χ0) is 17.2. The van der Waals surface area contributed by atoms with Gasteiger partial charge in [-0.3, -0.25) is 0 Å². The molecule has 0 aromatic carbocycles. The fourth-order valence-corrected chi connectivity index (χ4v) is 9.25. The number of fused-ring (bicyclic) bond motifs is 4. The molecule has 0 heterocycles. The molecule has 0 bridgehead atoms. The molecule has 0 aromatic heterocycles. The van der Waals surface area contributed by atoms with Crippen LogP contribution in [0.1, 0.15) is 84.0 Å². The standard InChI is InChI=1S/C23H38O2/c1-22-12-9-16(24)14-15(22)5-6-17-18(22)10-13-23-11-3-4-21(25-2)20(23)8-7-19(17)23/h15-21,24H,3-14H2,1-2H3/t15-,16+,17?,18?,19?,20+,21-,22-,23-/m0/s1. The van der Waals surface area contributed by atoms with E-state index in [1.165, 1.54) is 64.2 Å². The fourth-order valence-electron chi connectivity index (χ4n) is 9.25. The normalized spacial score (nSPS) is 58.0. The minimum absolute atomic E-state index is 0.0128. The molecule has 25 heavy (non-hydrogen) atoms. The van der Waals surface area contributed by atoms with Crippen molar-refractivity contribution in [3.05, 3.63) is 0 Å². The van der Waals surface area contributed by atoms with Crippen molar-refractivity contribution in [1.82, 2.24) is 0 Å². The Bertz CT molecular complexity index is 518. The summed E-state index contributed by atoms with van der Waals surface area (Å²) in [6.45, 7) is 2.61. The molecule has 5 saturated carbocycles. The highest BCUT2D eigenvalue weighted by atomic mass is 16.5. The topological polar surface area (TPSA) is 29.5 Å². The summed E-state index contributed by atoms with van der Waals surface area (Å²) in [7, 11) is 1.96. The minimum Gasteiger partial charge on any atom is -0.393 e. The third-order valence-electron chi connectivity index (χ3n) is 10.3. The number of methoxy groups -OCH3 is 1. The number of hydrogen-bond donors (Lipinski definition) is 1. The van der Waals surface area contributed by atoms with Crippen molar-refractivity contribution in [2.45, 2.75) is 96.2 Å². The quantitative estimate of drug-likeness (QED) is 0.708. The Labute approximate surface area is 154 Å². The maximum Gasteiger partial charge on any atom is 0.0604 e. The van der Waals surface area contributed by atoms with Crippen LogP contribution in [0.25, 0.3) is 0 Å². The second-order valence-electron chi connectivity index (χ2n) is 10.7. The summed E-state index contributed by atoms with van der Waals surface area (Å²) >= 11 is 0. The lowest BCUT2D eigenvalue weighted by Gasteiger charge is -2.62. The van der Waals surface area contributed by atoms with E-state index in [9.17, 15) is 5.11 Å². The molecule has 5 rings (SSSR count). The largest absolute Gasteiger partial charge is 0.393 e. The van der Waals surface area contributed by atoms with Gasteiger partial charge in [-0.05, 0) is 111 Å². The Morgan fingerprint density at radius 3 is 2.52 bits per heavy atom. The van der Waals surface area contributed by atoms with Crippen LogP contribution in [0, 0.1) is 40.4 Å². The van der Waals surface area contributed by atoms with E-state index >= 15 is 0 Å². The first-order valence-corrected chi connectivity index (χ1v) is 11.3. The van der Waals surface area contributed by atoms with E-state index in [4.69, 9.17) is 4.74 Å². The molecular formula is C23H38O2. The minimum atomic E-state index is -0.0128. The van der Waals surface area contributed by atoms with Gasteiger partial charge in [0.2, 0.25) is 0 Å². The Morgan fingerprint density at radius 1 is 0.840 bits per heavy atom. The first kappa shape index (κ1) is 17.0. The van der Waals surface area contributed by atoms with Gasteiger partial charge in [-0.2, -0.15) is 0 Å². The first-order chi connectivity index (χ1) is 12.1. The van der Waals surface area contributed by atoms with Crippen molar-refractivity contribution in [2.24, 2.45) is 40.4 Å². The summed E-state index contributed by atoms with van der Waals surface area (Å²) < 4.78 is 5.97. The smallest absolute Gasteiger partial charge is 0.0604 e. The van der Waals surface area contributed by atoms with Gasteiger partial charge in [0.15, 0.2) is 0 Å². The molecule has 9 atom stereocenters. The maximum atomic E-state index is 10.2. The maximum absolute atomic E-state index is 10.2. The van der Waals surface area contributed by atoms with Gasteiger partial charge >= 0.3 is 0 Å². The zero-order valence-electron chi connectivity index (χ0n) is 16.4. The van der Waals surface area contributed by atoms with Crippen LogP contribution in [0.5, 0.6) is 0 Å². The summed E-state index contributed by atoms with van der Waals surface area (Å²) in [6, 6.07) is 0. The lowest BCUT2D eigenvalue weighted by Crippen LogP contribution is -2.56. The van der Waals surface area contributed by atoms with E-state index in [1.807, 2.05) is 7.11 Å². The van der Waals surface area contributed by atoms with Gasteiger partial charge in [0.05, 0.1) is 12.2 Å². The van der Waals surface area contributed by atoms with E-state index in [2.05, 4.69) is 6.92 Å². The summed E-state index contributed by atoms with van der Waals surface area (Å²) in [4.78, 5) is 0. The summed E-state index contributed by atoms with van der Waals surface area (Å²) in [5, 5.41) is 10.2. The van der Waals surface area contributed by atoms with Crippen molar-refractivity contribution in [1.29, 1.82) is 0 Å². The number of aliphatic hydroxyl groups excluding tert-OH is 1. The van der Waals surface area contributed by atoms with E-state index in [1.54, 1.807) is 0 Å². The molecule has 5 aliphatic rings. The SMILES string of the molecule is CO[C@H]1CCC[C@]23CCC4C(CC[C@H]5C[C@H](O)CC[C@]45C)C2CC[C@H]13. The van der Waals surface area contributed by atoms with E-state index in [-0.39, 0.29) is 6.10 Å². The molecule has 5 fully saturated rings.